The lowest BCUT2D eigenvalue weighted by atomic mass is 10.2. The second-order valence-corrected chi connectivity index (χ2v) is 2.72. The predicted molar refractivity (Wildman–Crippen MR) is 49.9 cm³/mol. The van der Waals surface area contributed by atoms with E-state index in [1.165, 1.54) is 19.2 Å². The molecule has 0 N–H and O–H groups in total. The second-order valence-electron chi connectivity index (χ2n) is 2.72. The number of aldehydes is 1. The molecule has 0 radical (unpaired) electrons. The zero-order chi connectivity index (χ0) is 11.3. The lowest BCUT2D eigenvalue weighted by Crippen LogP contribution is -2.08. The third-order valence-electron chi connectivity index (χ3n) is 1.71. The van der Waals surface area contributed by atoms with Gasteiger partial charge in [0.15, 0.2) is 6.29 Å². The molecule has 0 spiro atoms. The molecule has 1 aromatic carbocycles. The largest absolute Gasteiger partial charge is 0.497 e. The number of hydrogen-bond donors (Lipinski definition) is 0. The first-order valence-corrected chi connectivity index (χ1v) is 4.21. The Balaban J connectivity index is 2.86. The van der Waals surface area contributed by atoms with Crippen LogP contribution < -0.4 is 9.47 Å². The minimum Gasteiger partial charge on any atom is -0.497 e. The third-order valence-corrected chi connectivity index (χ3v) is 1.71. The van der Waals surface area contributed by atoms with E-state index in [4.69, 9.17) is 9.47 Å². The summed E-state index contributed by atoms with van der Waals surface area (Å²) in [5.74, 6) is 0.550. The number of benzene rings is 1. The SMILES string of the molecule is COc1ccc(C=O)c(OCC(F)F)c1. The Labute approximate surface area is 85.6 Å². The van der Waals surface area contributed by atoms with E-state index in [2.05, 4.69) is 0 Å². The van der Waals surface area contributed by atoms with E-state index in [1.807, 2.05) is 0 Å². The van der Waals surface area contributed by atoms with Crippen LogP contribution in [-0.4, -0.2) is 26.4 Å². The molecular formula is C10H10F2O3. The highest BCUT2D eigenvalue weighted by atomic mass is 19.3. The molecule has 15 heavy (non-hydrogen) atoms. The van der Waals surface area contributed by atoms with Crippen molar-refractivity contribution in [3.05, 3.63) is 23.8 Å². The first kappa shape index (κ1) is 11.4. The number of rotatable bonds is 5. The van der Waals surface area contributed by atoms with Crippen LogP contribution in [0.4, 0.5) is 8.78 Å². The van der Waals surface area contributed by atoms with Crippen LogP contribution in [0.5, 0.6) is 11.5 Å². The molecule has 0 fully saturated rings. The van der Waals surface area contributed by atoms with E-state index in [1.54, 1.807) is 6.07 Å². The van der Waals surface area contributed by atoms with Crippen molar-refractivity contribution in [2.24, 2.45) is 0 Å². The van der Waals surface area contributed by atoms with Crippen molar-refractivity contribution in [1.82, 2.24) is 0 Å². The Morgan fingerprint density at radius 3 is 2.73 bits per heavy atom. The van der Waals surface area contributed by atoms with Crippen molar-refractivity contribution in [1.29, 1.82) is 0 Å². The lowest BCUT2D eigenvalue weighted by molar-refractivity contribution is 0.0808. The van der Waals surface area contributed by atoms with Crippen LogP contribution in [0.25, 0.3) is 0 Å². The molecule has 0 aliphatic carbocycles. The topological polar surface area (TPSA) is 35.5 Å². The third kappa shape index (κ3) is 3.19. The number of methoxy groups -OCH3 is 1. The Kier molecular flexibility index (Phi) is 4.03. The maximum Gasteiger partial charge on any atom is 0.272 e. The molecule has 0 bridgehead atoms. The van der Waals surface area contributed by atoms with Crippen molar-refractivity contribution in [2.75, 3.05) is 13.7 Å². The van der Waals surface area contributed by atoms with E-state index in [9.17, 15) is 13.6 Å². The molecule has 0 unspecified atom stereocenters. The number of carbonyl (C=O) groups excluding carboxylic acids is 1. The highest BCUT2D eigenvalue weighted by molar-refractivity contribution is 5.79. The van der Waals surface area contributed by atoms with Gasteiger partial charge in [-0.25, -0.2) is 8.78 Å². The summed E-state index contributed by atoms with van der Waals surface area (Å²) in [4.78, 5) is 10.6. The van der Waals surface area contributed by atoms with Gasteiger partial charge in [-0.15, -0.1) is 0 Å². The van der Waals surface area contributed by atoms with Crippen LogP contribution in [0, 0.1) is 0 Å². The standard InChI is InChI=1S/C10H10F2O3/c1-14-8-3-2-7(5-13)9(4-8)15-6-10(11)12/h2-5,10H,6H2,1H3. The van der Waals surface area contributed by atoms with E-state index < -0.39 is 13.0 Å². The van der Waals surface area contributed by atoms with Crippen LogP contribution in [0.1, 0.15) is 10.4 Å². The van der Waals surface area contributed by atoms with Gasteiger partial charge in [-0.2, -0.15) is 0 Å². The maximum absolute atomic E-state index is 11.9. The van der Waals surface area contributed by atoms with E-state index in [-0.39, 0.29) is 11.3 Å². The van der Waals surface area contributed by atoms with Gasteiger partial charge in [0.05, 0.1) is 12.7 Å². The fourth-order valence-electron chi connectivity index (χ4n) is 1.02. The summed E-state index contributed by atoms with van der Waals surface area (Å²) >= 11 is 0. The molecule has 0 saturated heterocycles. The first-order chi connectivity index (χ1) is 7.17. The Morgan fingerprint density at radius 2 is 2.20 bits per heavy atom. The van der Waals surface area contributed by atoms with Crippen LogP contribution in [0.2, 0.25) is 0 Å². The smallest absolute Gasteiger partial charge is 0.272 e. The van der Waals surface area contributed by atoms with Gasteiger partial charge in [0.1, 0.15) is 18.1 Å². The van der Waals surface area contributed by atoms with Gasteiger partial charge in [-0.3, -0.25) is 4.79 Å². The monoisotopic (exact) mass is 216 g/mol. The molecule has 0 heterocycles. The number of ether oxygens (including phenoxy) is 2. The first-order valence-electron chi connectivity index (χ1n) is 4.21. The molecule has 0 atom stereocenters. The molecule has 1 rings (SSSR count). The van der Waals surface area contributed by atoms with Gasteiger partial charge >= 0.3 is 0 Å². The molecule has 0 amide bonds. The number of halogens is 2. The second kappa shape index (κ2) is 5.29. The van der Waals surface area contributed by atoms with Crippen LogP contribution in [0.3, 0.4) is 0 Å². The van der Waals surface area contributed by atoms with Crippen molar-refractivity contribution in [3.63, 3.8) is 0 Å². The molecule has 3 nitrogen and oxygen atoms in total. The summed E-state index contributed by atoms with van der Waals surface area (Å²) < 4.78 is 33.4. The van der Waals surface area contributed by atoms with Crippen molar-refractivity contribution >= 4 is 6.29 Å². The quantitative estimate of drug-likeness (QED) is 0.707. The highest BCUT2D eigenvalue weighted by Gasteiger charge is 2.08. The normalized spacial score (nSPS) is 10.1. The van der Waals surface area contributed by atoms with Crippen LogP contribution >= 0.6 is 0 Å². The minimum absolute atomic E-state index is 0.102. The molecule has 0 aliphatic heterocycles. The number of carbonyl (C=O) groups is 1. The summed E-state index contributed by atoms with van der Waals surface area (Å²) in [6.07, 6.45) is -2.03. The summed E-state index contributed by atoms with van der Waals surface area (Å²) in [5.41, 5.74) is 0.219. The fourth-order valence-corrected chi connectivity index (χ4v) is 1.02. The van der Waals surface area contributed by atoms with E-state index >= 15 is 0 Å². The molecule has 1 aromatic rings. The molecule has 5 heteroatoms. The van der Waals surface area contributed by atoms with Gasteiger partial charge in [0.25, 0.3) is 6.43 Å². The number of hydrogen-bond acceptors (Lipinski definition) is 3. The molecule has 0 aliphatic rings. The summed E-state index contributed by atoms with van der Waals surface area (Å²) in [7, 11) is 1.44. The molecule has 0 saturated carbocycles. The predicted octanol–water partition coefficient (Wildman–Crippen LogP) is 2.15. The minimum atomic E-state index is -2.57. The van der Waals surface area contributed by atoms with Crippen LogP contribution in [0.15, 0.2) is 18.2 Å². The summed E-state index contributed by atoms with van der Waals surface area (Å²) in [6, 6.07) is 4.40. The number of alkyl halides is 2. The molecule has 82 valence electrons. The molecule has 0 aromatic heterocycles. The molecular weight excluding hydrogens is 206 g/mol. The van der Waals surface area contributed by atoms with Crippen LogP contribution in [-0.2, 0) is 0 Å². The average Bonchev–Trinajstić information content (AvgIpc) is 2.25. The average molecular weight is 216 g/mol. The Morgan fingerprint density at radius 1 is 1.47 bits per heavy atom. The van der Waals surface area contributed by atoms with Gasteiger partial charge in [0, 0.05) is 6.07 Å². The fraction of sp³-hybridized carbons (Fsp3) is 0.300. The van der Waals surface area contributed by atoms with Gasteiger partial charge in [0.2, 0.25) is 0 Å². The Bertz CT molecular complexity index is 339. The van der Waals surface area contributed by atoms with Gasteiger partial charge < -0.3 is 9.47 Å². The van der Waals surface area contributed by atoms with Crippen molar-refractivity contribution in [3.8, 4) is 11.5 Å². The zero-order valence-electron chi connectivity index (χ0n) is 8.07. The maximum atomic E-state index is 11.9. The van der Waals surface area contributed by atoms with Gasteiger partial charge in [-0.1, -0.05) is 0 Å². The highest BCUT2D eigenvalue weighted by Crippen LogP contribution is 2.23. The Hall–Kier alpha value is -1.65. The summed E-state index contributed by atoms with van der Waals surface area (Å²) in [5, 5.41) is 0. The lowest BCUT2D eigenvalue weighted by Gasteiger charge is -2.09. The zero-order valence-corrected chi connectivity index (χ0v) is 8.07. The van der Waals surface area contributed by atoms with Gasteiger partial charge in [-0.05, 0) is 12.1 Å². The van der Waals surface area contributed by atoms with Crippen molar-refractivity contribution < 1.29 is 23.0 Å². The van der Waals surface area contributed by atoms with Crippen molar-refractivity contribution in [2.45, 2.75) is 6.43 Å². The summed E-state index contributed by atoms with van der Waals surface area (Å²) in [6.45, 7) is -0.742. The van der Waals surface area contributed by atoms with E-state index in [0.717, 1.165) is 0 Å². The van der Waals surface area contributed by atoms with E-state index in [0.29, 0.717) is 12.0 Å².